The van der Waals surface area contributed by atoms with Gasteiger partial charge in [0.05, 0.1) is 7.11 Å². The summed E-state index contributed by atoms with van der Waals surface area (Å²) in [6.07, 6.45) is 0. The van der Waals surface area contributed by atoms with Crippen LogP contribution in [0.3, 0.4) is 0 Å². The highest BCUT2D eigenvalue weighted by atomic mass is 28.4. The van der Waals surface area contributed by atoms with Gasteiger partial charge >= 0.3 is 0 Å². The molecule has 0 radical (unpaired) electrons. The third-order valence-corrected chi connectivity index (χ3v) is 2.63. The summed E-state index contributed by atoms with van der Waals surface area (Å²) in [6.45, 7) is 8.51. The molecule has 0 aliphatic rings. The lowest BCUT2D eigenvalue weighted by molar-refractivity contribution is 0.389. The average molecular weight is 210 g/mol. The molecule has 0 saturated carbocycles. The van der Waals surface area contributed by atoms with Crippen molar-refractivity contribution in [3.8, 4) is 11.5 Å². The highest BCUT2D eigenvalue weighted by Crippen LogP contribution is 2.31. The molecule has 0 amide bonds. The van der Waals surface area contributed by atoms with Gasteiger partial charge in [-0.1, -0.05) is 12.1 Å². The SMILES string of the molecule is COc1c(C)cccc1O[Si](C)(C)C. The normalized spacial score (nSPS) is 11.2. The van der Waals surface area contributed by atoms with Gasteiger partial charge in [-0.3, -0.25) is 0 Å². The summed E-state index contributed by atoms with van der Waals surface area (Å²) >= 11 is 0. The van der Waals surface area contributed by atoms with Gasteiger partial charge in [0.1, 0.15) is 5.75 Å². The second kappa shape index (κ2) is 4.05. The first-order valence-corrected chi connectivity index (χ1v) is 8.17. The van der Waals surface area contributed by atoms with Crippen molar-refractivity contribution in [2.24, 2.45) is 0 Å². The molecular formula is C11H18O2Si. The Kier molecular flexibility index (Phi) is 3.21. The number of benzene rings is 1. The lowest BCUT2D eigenvalue weighted by Crippen LogP contribution is -2.29. The lowest BCUT2D eigenvalue weighted by atomic mass is 10.2. The minimum absolute atomic E-state index is 0.856. The van der Waals surface area contributed by atoms with Crippen LogP contribution in [0.2, 0.25) is 19.6 Å². The van der Waals surface area contributed by atoms with Crippen LogP contribution in [0.25, 0.3) is 0 Å². The van der Waals surface area contributed by atoms with Crippen LogP contribution in [0.1, 0.15) is 5.56 Å². The van der Waals surface area contributed by atoms with Gasteiger partial charge in [-0.05, 0) is 38.2 Å². The molecule has 0 bridgehead atoms. The number of aryl methyl sites for hydroxylation is 1. The van der Waals surface area contributed by atoms with E-state index in [1.807, 2.05) is 25.1 Å². The second-order valence-electron chi connectivity index (χ2n) is 4.32. The molecule has 0 fully saturated rings. The smallest absolute Gasteiger partial charge is 0.242 e. The summed E-state index contributed by atoms with van der Waals surface area (Å²) < 4.78 is 11.2. The number of ether oxygens (including phenoxy) is 1. The number of para-hydroxylation sites is 1. The summed E-state index contributed by atoms with van der Waals surface area (Å²) in [4.78, 5) is 0. The summed E-state index contributed by atoms with van der Waals surface area (Å²) in [7, 11) is 0.131. The van der Waals surface area contributed by atoms with Crippen LogP contribution < -0.4 is 9.16 Å². The van der Waals surface area contributed by atoms with Crippen molar-refractivity contribution in [2.75, 3.05) is 7.11 Å². The molecule has 0 saturated heterocycles. The molecule has 3 heteroatoms. The molecule has 2 nitrogen and oxygen atoms in total. The van der Waals surface area contributed by atoms with E-state index in [1.165, 1.54) is 0 Å². The van der Waals surface area contributed by atoms with E-state index in [-0.39, 0.29) is 0 Å². The summed E-state index contributed by atoms with van der Waals surface area (Å²) in [5, 5.41) is 0. The van der Waals surface area contributed by atoms with Gasteiger partial charge in [-0.25, -0.2) is 0 Å². The first-order chi connectivity index (χ1) is 6.44. The number of rotatable bonds is 3. The molecular weight excluding hydrogens is 192 g/mol. The van der Waals surface area contributed by atoms with E-state index in [0.717, 1.165) is 17.1 Å². The Bertz CT molecular complexity index is 316. The fourth-order valence-corrected chi connectivity index (χ4v) is 2.12. The van der Waals surface area contributed by atoms with Crippen molar-refractivity contribution in [2.45, 2.75) is 26.6 Å². The van der Waals surface area contributed by atoms with Crippen molar-refractivity contribution >= 4 is 8.32 Å². The van der Waals surface area contributed by atoms with Crippen LogP contribution in [0.4, 0.5) is 0 Å². The van der Waals surface area contributed by atoms with Crippen molar-refractivity contribution in [3.63, 3.8) is 0 Å². The highest BCUT2D eigenvalue weighted by molar-refractivity contribution is 6.70. The Balaban J connectivity index is 3.02. The maximum absolute atomic E-state index is 5.92. The number of hydrogen-bond donors (Lipinski definition) is 0. The zero-order valence-electron chi connectivity index (χ0n) is 9.55. The Morgan fingerprint density at radius 2 is 1.79 bits per heavy atom. The van der Waals surface area contributed by atoms with Gasteiger partial charge in [-0.2, -0.15) is 0 Å². The molecule has 0 atom stereocenters. The number of hydrogen-bond acceptors (Lipinski definition) is 2. The molecule has 1 aromatic rings. The molecule has 0 aliphatic carbocycles. The number of methoxy groups -OCH3 is 1. The minimum atomic E-state index is -1.55. The van der Waals surface area contributed by atoms with Crippen LogP contribution >= 0.6 is 0 Å². The van der Waals surface area contributed by atoms with Crippen molar-refractivity contribution in [1.82, 2.24) is 0 Å². The van der Waals surface area contributed by atoms with Crippen LogP contribution in [0, 0.1) is 6.92 Å². The maximum Gasteiger partial charge on any atom is 0.242 e. The molecule has 1 rings (SSSR count). The van der Waals surface area contributed by atoms with E-state index in [4.69, 9.17) is 9.16 Å². The molecule has 0 spiro atoms. The molecule has 0 unspecified atom stereocenters. The van der Waals surface area contributed by atoms with Crippen molar-refractivity contribution < 1.29 is 9.16 Å². The third kappa shape index (κ3) is 2.77. The predicted molar refractivity (Wildman–Crippen MR) is 61.7 cm³/mol. The Labute approximate surface area is 87.0 Å². The van der Waals surface area contributed by atoms with E-state index < -0.39 is 8.32 Å². The second-order valence-corrected chi connectivity index (χ2v) is 8.75. The summed E-state index contributed by atoms with van der Waals surface area (Å²) in [5.41, 5.74) is 1.11. The lowest BCUT2D eigenvalue weighted by Gasteiger charge is -2.21. The quantitative estimate of drug-likeness (QED) is 0.713. The van der Waals surface area contributed by atoms with Crippen LogP contribution in [0.15, 0.2) is 18.2 Å². The highest BCUT2D eigenvalue weighted by Gasteiger charge is 2.19. The Morgan fingerprint density at radius 1 is 1.14 bits per heavy atom. The van der Waals surface area contributed by atoms with Gasteiger partial charge in [0.25, 0.3) is 0 Å². The molecule has 0 aromatic heterocycles. The van der Waals surface area contributed by atoms with E-state index >= 15 is 0 Å². The standard InChI is InChI=1S/C11H18O2Si/c1-9-7-6-8-10(11(9)12-2)13-14(3,4)5/h6-8H,1-5H3. The van der Waals surface area contributed by atoms with Gasteiger partial charge in [0.2, 0.25) is 8.32 Å². The molecule has 0 aliphatic heterocycles. The van der Waals surface area contributed by atoms with Crippen molar-refractivity contribution in [3.05, 3.63) is 23.8 Å². The molecule has 14 heavy (non-hydrogen) atoms. The third-order valence-electron chi connectivity index (χ3n) is 1.80. The van der Waals surface area contributed by atoms with Gasteiger partial charge < -0.3 is 9.16 Å². The fraction of sp³-hybridized carbons (Fsp3) is 0.455. The van der Waals surface area contributed by atoms with E-state index in [2.05, 4.69) is 19.6 Å². The van der Waals surface area contributed by atoms with E-state index in [0.29, 0.717) is 0 Å². The topological polar surface area (TPSA) is 18.5 Å². The first kappa shape index (κ1) is 11.1. The van der Waals surface area contributed by atoms with Crippen molar-refractivity contribution in [1.29, 1.82) is 0 Å². The Morgan fingerprint density at radius 3 is 2.29 bits per heavy atom. The minimum Gasteiger partial charge on any atom is -0.542 e. The molecule has 1 aromatic carbocycles. The van der Waals surface area contributed by atoms with Crippen LogP contribution in [-0.2, 0) is 0 Å². The molecule has 0 N–H and O–H groups in total. The maximum atomic E-state index is 5.92. The fourth-order valence-electron chi connectivity index (χ4n) is 1.30. The summed E-state index contributed by atoms with van der Waals surface area (Å²) in [6, 6.07) is 5.98. The van der Waals surface area contributed by atoms with E-state index in [1.54, 1.807) is 7.11 Å². The average Bonchev–Trinajstić information content (AvgIpc) is 2.01. The van der Waals surface area contributed by atoms with Gasteiger partial charge in [-0.15, -0.1) is 0 Å². The molecule has 0 heterocycles. The van der Waals surface area contributed by atoms with Gasteiger partial charge in [0, 0.05) is 0 Å². The predicted octanol–water partition coefficient (Wildman–Crippen LogP) is 3.22. The van der Waals surface area contributed by atoms with Gasteiger partial charge in [0.15, 0.2) is 5.75 Å². The van der Waals surface area contributed by atoms with Crippen LogP contribution in [0.5, 0.6) is 11.5 Å². The first-order valence-electron chi connectivity index (χ1n) is 4.76. The van der Waals surface area contributed by atoms with Crippen LogP contribution in [-0.4, -0.2) is 15.4 Å². The zero-order valence-corrected chi connectivity index (χ0v) is 10.5. The Hall–Kier alpha value is -0.963. The largest absolute Gasteiger partial charge is 0.542 e. The van der Waals surface area contributed by atoms with E-state index in [9.17, 15) is 0 Å². The summed E-state index contributed by atoms with van der Waals surface area (Å²) in [5.74, 6) is 1.72. The monoisotopic (exact) mass is 210 g/mol. The molecule has 78 valence electrons. The zero-order chi connectivity index (χ0) is 10.8.